The summed E-state index contributed by atoms with van der Waals surface area (Å²) in [5, 5.41) is 0.802. The molecular formula is C13H20ClNO. The molecule has 2 nitrogen and oxygen atoms in total. The van der Waals surface area contributed by atoms with Crippen LogP contribution in [0.2, 0.25) is 5.02 Å². The Morgan fingerprint density at radius 1 is 1.44 bits per heavy atom. The first-order chi connectivity index (χ1) is 7.58. The van der Waals surface area contributed by atoms with E-state index in [0.717, 1.165) is 35.7 Å². The van der Waals surface area contributed by atoms with Crippen molar-refractivity contribution >= 4 is 11.6 Å². The summed E-state index contributed by atoms with van der Waals surface area (Å²) in [4.78, 5) is 0. The van der Waals surface area contributed by atoms with Crippen LogP contribution in [0.5, 0.6) is 5.75 Å². The fraction of sp³-hybridized carbons (Fsp3) is 0.538. The lowest BCUT2D eigenvalue weighted by molar-refractivity contribution is 0.406. The average Bonchev–Trinajstić information content (AvgIpc) is 2.29. The van der Waals surface area contributed by atoms with Gasteiger partial charge in [0.15, 0.2) is 0 Å². The lowest BCUT2D eigenvalue weighted by Gasteiger charge is -2.13. The molecule has 0 aliphatic heterocycles. The molecule has 2 N–H and O–H groups in total. The Labute approximate surface area is 103 Å². The van der Waals surface area contributed by atoms with Gasteiger partial charge in [-0.25, -0.2) is 0 Å². The zero-order valence-electron chi connectivity index (χ0n) is 10.2. The summed E-state index contributed by atoms with van der Waals surface area (Å²) in [6, 6.07) is 3.99. The number of hydrogen-bond acceptors (Lipinski definition) is 2. The molecule has 0 aromatic heterocycles. The number of ether oxygens (including phenoxy) is 1. The number of aryl methyl sites for hydroxylation is 2. The van der Waals surface area contributed by atoms with Crippen molar-refractivity contribution in [2.24, 2.45) is 11.7 Å². The van der Waals surface area contributed by atoms with Crippen molar-refractivity contribution in [3.63, 3.8) is 0 Å². The number of rotatable bonds is 5. The number of halogens is 1. The van der Waals surface area contributed by atoms with Gasteiger partial charge in [0.25, 0.3) is 0 Å². The van der Waals surface area contributed by atoms with E-state index < -0.39 is 0 Å². The van der Waals surface area contributed by atoms with Crippen molar-refractivity contribution in [3.8, 4) is 5.75 Å². The molecule has 0 aliphatic rings. The first-order valence-corrected chi connectivity index (χ1v) is 5.99. The van der Waals surface area contributed by atoms with Gasteiger partial charge in [-0.15, -0.1) is 0 Å². The van der Waals surface area contributed by atoms with Crippen LogP contribution in [0, 0.1) is 12.8 Å². The minimum absolute atomic E-state index is 0.532. The van der Waals surface area contributed by atoms with Crippen molar-refractivity contribution in [2.45, 2.75) is 26.7 Å². The molecule has 0 spiro atoms. The van der Waals surface area contributed by atoms with Crippen molar-refractivity contribution in [2.75, 3.05) is 13.7 Å². The lowest BCUT2D eigenvalue weighted by atomic mass is 9.99. The minimum Gasteiger partial charge on any atom is -0.496 e. The van der Waals surface area contributed by atoms with E-state index in [2.05, 4.69) is 6.92 Å². The highest BCUT2D eigenvalue weighted by molar-refractivity contribution is 6.31. The molecule has 16 heavy (non-hydrogen) atoms. The molecule has 1 atom stereocenters. The Kier molecular flexibility index (Phi) is 5.10. The zero-order valence-corrected chi connectivity index (χ0v) is 11.0. The molecule has 3 heteroatoms. The molecule has 0 aliphatic carbocycles. The Morgan fingerprint density at radius 3 is 2.69 bits per heavy atom. The van der Waals surface area contributed by atoms with E-state index in [9.17, 15) is 0 Å². The van der Waals surface area contributed by atoms with Crippen LogP contribution in [0.3, 0.4) is 0 Å². The molecule has 0 amide bonds. The van der Waals surface area contributed by atoms with Gasteiger partial charge in [-0.2, -0.15) is 0 Å². The molecule has 1 aromatic carbocycles. The van der Waals surface area contributed by atoms with Gasteiger partial charge in [0.1, 0.15) is 5.75 Å². The third-order valence-electron chi connectivity index (χ3n) is 2.87. The molecule has 1 unspecified atom stereocenters. The highest BCUT2D eigenvalue weighted by Gasteiger charge is 2.08. The second kappa shape index (κ2) is 6.12. The Morgan fingerprint density at radius 2 is 2.12 bits per heavy atom. The Hall–Kier alpha value is -0.730. The normalized spacial score (nSPS) is 12.6. The van der Waals surface area contributed by atoms with Crippen LogP contribution in [0.15, 0.2) is 12.1 Å². The van der Waals surface area contributed by atoms with Crippen LogP contribution >= 0.6 is 11.6 Å². The van der Waals surface area contributed by atoms with Crippen molar-refractivity contribution in [1.29, 1.82) is 0 Å². The third-order valence-corrected chi connectivity index (χ3v) is 3.28. The summed E-state index contributed by atoms with van der Waals surface area (Å²) in [5.41, 5.74) is 7.82. The summed E-state index contributed by atoms with van der Waals surface area (Å²) in [7, 11) is 1.69. The van der Waals surface area contributed by atoms with Gasteiger partial charge < -0.3 is 10.5 Å². The largest absolute Gasteiger partial charge is 0.496 e. The van der Waals surface area contributed by atoms with E-state index in [1.807, 2.05) is 19.1 Å². The lowest BCUT2D eigenvalue weighted by Crippen LogP contribution is -2.11. The second-order valence-electron chi connectivity index (χ2n) is 4.29. The van der Waals surface area contributed by atoms with Crippen molar-refractivity contribution in [3.05, 3.63) is 28.3 Å². The summed E-state index contributed by atoms with van der Waals surface area (Å²) in [6.07, 6.45) is 2.02. The van der Waals surface area contributed by atoms with E-state index in [0.29, 0.717) is 5.92 Å². The van der Waals surface area contributed by atoms with Gasteiger partial charge in [0.2, 0.25) is 0 Å². The number of methoxy groups -OCH3 is 1. The van der Waals surface area contributed by atoms with Crippen LogP contribution in [0.25, 0.3) is 0 Å². The number of benzene rings is 1. The van der Waals surface area contributed by atoms with Crippen LogP contribution in [0.4, 0.5) is 0 Å². The summed E-state index contributed by atoms with van der Waals surface area (Å²) in [5.74, 6) is 1.45. The summed E-state index contributed by atoms with van der Waals surface area (Å²) >= 11 is 6.11. The Bertz CT molecular complexity index is 352. The summed E-state index contributed by atoms with van der Waals surface area (Å²) < 4.78 is 5.36. The highest BCUT2D eigenvalue weighted by Crippen LogP contribution is 2.28. The first kappa shape index (κ1) is 13.3. The minimum atomic E-state index is 0.532. The van der Waals surface area contributed by atoms with E-state index in [-0.39, 0.29) is 0 Å². The topological polar surface area (TPSA) is 35.2 Å². The van der Waals surface area contributed by atoms with Crippen LogP contribution in [0.1, 0.15) is 24.5 Å². The van der Waals surface area contributed by atoms with Gasteiger partial charge in [-0.1, -0.05) is 18.5 Å². The fourth-order valence-corrected chi connectivity index (χ4v) is 1.79. The fourth-order valence-electron chi connectivity index (χ4n) is 1.60. The number of hydrogen-bond donors (Lipinski definition) is 1. The molecule has 0 fully saturated rings. The molecule has 0 bridgehead atoms. The van der Waals surface area contributed by atoms with Gasteiger partial charge in [0.05, 0.1) is 7.11 Å². The second-order valence-corrected chi connectivity index (χ2v) is 4.70. The zero-order chi connectivity index (χ0) is 12.1. The number of nitrogens with two attached hydrogens (primary N) is 1. The predicted octanol–water partition coefficient (Wildman–Crippen LogP) is 3.18. The summed E-state index contributed by atoms with van der Waals surface area (Å²) in [6.45, 7) is 4.86. The van der Waals surface area contributed by atoms with Gasteiger partial charge in [-0.05, 0) is 55.5 Å². The van der Waals surface area contributed by atoms with Crippen LogP contribution < -0.4 is 10.5 Å². The first-order valence-electron chi connectivity index (χ1n) is 5.61. The van der Waals surface area contributed by atoms with Crippen LogP contribution in [-0.2, 0) is 6.42 Å². The van der Waals surface area contributed by atoms with E-state index in [1.54, 1.807) is 7.11 Å². The van der Waals surface area contributed by atoms with Crippen molar-refractivity contribution in [1.82, 2.24) is 0 Å². The maximum absolute atomic E-state index is 6.11. The molecule has 0 saturated heterocycles. The quantitative estimate of drug-likeness (QED) is 0.860. The predicted molar refractivity (Wildman–Crippen MR) is 69.3 cm³/mol. The molecular weight excluding hydrogens is 222 g/mol. The van der Waals surface area contributed by atoms with E-state index in [1.165, 1.54) is 5.56 Å². The highest BCUT2D eigenvalue weighted by atomic mass is 35.5. The molecule has 0 radical (unpaired) electrons. The standard InChI is InChI=1S/C13H20ClNO/c1-9(8-15)4-5-11-7-12(14)10(2)6-13(11)16-3/h6-7,9H,4-5,8,15H2,1-3H3. The van der Waals surface area contributed by atoms with Gasteiger partial charge in [0, 0.05) is 5.02 Å². The molecule has 90 valence electrons. The Balaban J connectivity index is 2.81. The monoisotopic (exact) mass is 241 g/mol. The van der Waals surface area contributed by atoms with Gasteiger partial charge in [-0.3, -0.25) is 0 Å². The van der Waals surface area contributed by atoms with Gasteiger partial charge >= 0.3 is 0 Å². The molecule has 0 saturated carbocycles. The van der Waals surface area contributed by atoms with E-state index >= 15 is 0 Å². The maximum Gasteiger partial charge on any atom is 0.122 e. The smallest absolute Gasteiger partial charge is 0.122 e. The molecule has 0 heterocycles. The van der Waals surface area contributed by atoms with E-state index in [4.69, 9.17) is 22.1 Å². The van der Waals surface area contributed by atoms with Crippen molar-refractivity contribution < 1.29 is 4.74 Å². The van der Waals surface area contributed by atoms with Crippen LogP contribution in [-0.4, -0.2) is 13.7 Å². The maximum atomic E-state index is 6.11. The average molecular weight is 242 g/mol. The molecule has 1 rings (SSSR count). The molecule has 1 aromatic rings. The SMILES string of the molecule is COc1cc(C)c(Cl)cc1CCC(C)CN. The third kappa shape index (κ3) is 3.39.